The van der Waals surface area contributed by atoms with E-state index in [2.05, 4.69) is 15.2 Å². The lowest BCUT2D eigenvalue weighted by atomic mass is 10.2. The summed E-state index contributed by atoms with van der Waals surface area (Å²) in [7, 11) is 3.07. The van der Waals surface area contributed by atoms with Gasteiger partial charge in [0, 0.05) is 37.5 Å². The van der Waals surface area contributed by atoms with Crippen LogP contribution in [0.2, 0.25) is 0 Å². The Morgan fingerprint density at radius 1 is 1.16 bits per heavy atom. The number of carbonyl (C=O) groups excluding carboxylic acids is 2. The Morgan fingerprint density at radius 3 is 2.42 bits per heavy atom. The van der Waals surface area contributed by atoms with Crippen LogP contribution in [-0.4, -0.2) is 74.4 Å². The summed E-state index contributed by atoms with van der Waals surface area (Å²) in [6, 6.07) is 3.46. The smallest absolute Gasteiger partial charge is 0.356 e. The average Bonchev–Trinajstić information content (AvgIpc) is 3.08. The number of esters is 1. The highest BCUT2D eigenvalue weighted by molar-refractivity contribution is 6.11. The van der Waals surface area contributed by atoms with E-state index in [-0.39, 0.29) is 30.4 Å². The summed E-state index contributed by atoms with van der Waals surface area (Å²) in [5.41, 5.74) is 1.20. The minimum atomic E-state index is -0.539. The first-order valence-electron chi connectivity index (χ1n) is 10.5. The van der Waals surface area contributed by atoms with E-state index in [1.165, 1.54) is 14.2 Å². The molecule has 170 valence electrons. The molecule has 0 bridgehead atoms. The second-order valence-electron chi connectivity index (χ2n) is 7.66. The van der Waals surface area contributed by atoms with Crippen LogP contribution in [0.5, 0.6) is 11.5 Å². The number of nitrogens with zero attached hydrogens (tertiary/aromatic N) is 1. The molecular weight excluding hydrogens is 402 g/mol. The number of aromatic nitrogens is 1. The van der Waals surface area contributed by atoms with Crippen LogP contribution < -0.4 is 14.8 Å². The minimum absolute atomic E-state index is 0.137. The van der Waals surface area contributed by atoms with E-state index in [0.29, 0.717) is 41.1 Å². The summed E-state index contributed by atoms with van der Waals surface area (Å²) < 4.78 is 21.6. The maximum Gasteiger partial charge on any atom is 0.356 e. The van der Waals surface area contributed by atoms with Crippen LogP contribution >= 0.6 is 0 Å². The van der Waals surface area contributed by atoms with Gasteiger partial charge in [0.25, 0.3) is 0 Å². The molecule has 0 unspecified atom stereocenters. The number of morpholine rings is 1. The summed E-state index contributed by atoms with van der Waals surface area (Å²) in [6.45, 7) is 8.20. The van der Waals surface area contributed by atoms with E-state index in [0.717, 1.165) is 13.1 Å². The van der Waals surface area contributed by atoms with Gasteiger partial charge in [-0.05, 0) is 26.8 Å². The molecule has 2 heterocycles. The molecule has 3 rings (SSSR count). The highest BCUT2D eigenvalue weighted by Gasteiger charge is 2.25. The molecule has 1 fully saturated rings. The second kappa shape index (κ2) is 10.0. The normalized spacial score (nSPS) is 19.3. The van der Waals surface area contributed by atoms with Crippen molar-refractivity contribution in [1.29, 1.82) is 0 Å². The second-order valence-corrected chi connectivity index (χ2v) is 7.66. The number of ether oxygens (including phenoxy) is 4. The first kappa shape index (κ1) is 22.9. The van der Waals surface area contributed by atoms with Crippen molar-refractivity contribution in [3.05, 3.63) is 17.8 Å². The van der Waals surface area contributed by atoms with Gasteiger partial charge < -0.3 is 29.2 Å². The third kappa shape index (κ3) is 5.29. The van der Waals surface area contributed by atoms with E-state index in [1.54, 1.807) is 19.1 Å². The highest BCUT2D eigenvalue weighted by Crippen LogP contribution is 2.37. The molecule has 1 aromatic carbocycles. The molecule has 1 aromatic heterocycles. The van der Waals surface area contributed by atoms with Gasteiger partial charge >= 0.3 is 5.97 Å². The molecule has 1 amide bonds. The van der Waals surface area contributed by atoms with Crippen molar-refractivity contribution in [2.24, 2.45) is 0 Å². The van der Waals surface area contributed by atoms with E-state index in [9.17, 15) is 9.59 Å². The van der Waals surface area contributed by atoms with Crippen molar-refractivity contribution >= 4 is 28.5 Å². The number of rotatable bonds is 8. The van der Waals surface area contributed by atoms with E-state index in [4.69, 9.17) is 18.9 Å². The Hall–Kier alpha value is -2.78. The van der Waals surface area contributed by atoms with Crippen molar-refractivity contribution in [2.45, 2.75) is 39.4 Å². The van der Waals surface area contributed by atoms with Crippen molar-refractivity contribution in [3.63, 3.8) is 0 Å². The van der Waals surface area contributed by atoms with Crippen LogP contribution in [0.25, 0.3) is 10.9 Å². The number of benzene rings is 1. The van der Waals surface area contributed by atoms with Crippen LogP contribution in [0.15, 0.2) is 12.1 Å². The molecule has 2 aromatic rings. The average molecular weight is 434 g/mol. The molecule has 9 nitrogen and oxygen atoms in total. The van der Waals surface area contributed by atoms with E-state index >= 15 is 0 Å². The predicted molar refractivity (Wildman–Crippen MR) is 117 cm³/mol. The van der Waals surface area contributed by atoms with Gasteiger partial charge in [0.1, 0.15) is 5.69 Å². The summed E-state index contributed by atoms with van der Waals surface area (Å²) in [5.74, 6) is 0.284. The largest absolute Gasteiger partial charge is 0.493 e. The van der Waals surface area contributed by atoms with Crippen LogP contribution in [0.4, 0.5) is 5.69 Å². The zero-order chi connectivity index (χ0) is 22.5. The lowest BCUT2D eigenvalue weighted by Gasteiger charge is -2.35. The summed E-state index contributed by atoms with van der Waals surface area (Å²) in [4.78, 5) is 30.6. The molecule has 2 N–H and O–H groups in total. The molecule has 1 aliphatic rings. The Bertz CT molecular complexity index is 931. The Kier molecular flexibility index (Phi) is 7.40. The monoisotopic (exact) mass is 433 g/mol. The van der Waals surface area contributed by atoms with Gasteiger partial charge in [0.2, 0.25) is 5.91 Å². The number of nitrogens with one attached hydrogen (secondary N) is 2. The van der Waals surface area contributed by atoms with Gasteiger partial charge in [0.15, 0.2) is 11.5 Å². The molecule has 1 aliphatic heterocycles. The number of hydrogen-bond donors (Lipinski definition) is 2. The van der Waals surface area contributed by atoms with E-state index in [1.807, 2.05) is 13.8 Å². The predicted octanol–water partition coefficient (Wildman–Crippen LogP) is 2.80. The summed E-state index contributed by atoms with van der Waals surface area (Å²) >= 11 is 0. The third-order valence-electron chi connectivity index (χ3n) is 5.20. The fourth-order valence-electron chi connectivity index (χ4n) is 3.94. The van der Waals surface area contributed by atoms with Crippen molar-refractivity contribution in [3.8, 4) is 11.5 Å². The topological polar surface area (TPSA) is 102 Å². The first-order chi connectivity index (χ1) is 14.9. The minimum Gasteiger partial charge on any atom is -0.493 e. The van der Waals surface area contributed by atoms with Crippen LogP contribution in [-0.2, 0) is 14.3 Å². The first-order valence-corrected chi connectivity index (χ1v) is 10.5. The SMILES string of the molecule is CCOC(=O)c1[nH]c2cc(OC)c(OC)cc2c1NC(=O)CCN1C[C@@H](C)O[C@@H](C)C1. The van der Waals surface area contributed by atoms with Crippen LogP contribution in [0.1, 0.15) is 37.7 Å². The number of fused-ring (bicyclic) bond motifs is 1. The molecule has 2 atom stereocenters. The fourth-order valence-corrected chi connectivity index (χ4v) is 3.94. The standard InChI is InChI=1S/C22H31N3O6/c1-6-30-22(27)21-20(15-9-17(28-4)18(29-5)10-16(15)23-21)24-19(26)7-8-25-11-13(2)31-14(3)12-25/h9-10,13-14,23H,6-8,11-12H2,1-5H3,(H,24,26)/t13-,14+. The van der Waals surface area contributed by atoms with E-state index < -0.39 is 5.97 Å². The Morgan fingerprint density at radius 2 is 1.81 bits per heavy atom. The lowest BCUT2D eigenvalue weighted by molar-refractivity contribution is -0.117. The molecule has 1 saturated heterocycles. The number of carbonyl (C=O) groups is 2. The summed E-state index contributed by atoms with van der Waals surface area (Å²) in [6.07, 6.45) is 0.568. The number of methoxy groups -OCH3 is 2. The molecule has 0 spiro atoms. The van der Waals surface area contributed by atoms with Gasteiger partial charge in [-0.3, -0.25) is 9.69 Å². The Balaban J connectivity index is 1.83. The Labute approximate surface area is 182 Å². The lowest BCUT2D eigenvalue weighted by Crippen LogP contribution is -2.46. The quantitative estimate of drug-likeness (QED) is 0.617. The molecule has 0 radical (unpaired) electrons. The van der Waals surface area contributed by atoms with Crippen molar-refractivity contribution < 1.29 is 28.5 Å². The number of aromatic amines is 1. The molecule has 31 heavy (non-hydrogen) atoms. The molecule has 0 aliphatic carbocycles. The van der Waals surface area contributed by atoms with Crippen LogP contribution in [0.3, 0.4) is 0 Å². The number of amides is 1. The summed E-state index contributed by atoms with van der Waals surface area (Å²) in [5, 5.41) is 3.54. The van der Waals surface area contributed by atoms with Crippen molar-refractivity contribution in [2.75, 3.05) is 45.8 Å². The van der Waals surface area contributed by atoms with Gasteiger partial charge in [-0.1, -0.05) is 0 Å². The van der Waals surface area contributed by atoms with Gasteiger partial charge in [0.05, 0.1) is 44.2 Å². The number of anilines is 1. The molecule has 0 saturated carbocycles. The number of H-pyrrole nitrogens is 1. The number of hydrogen-bond acceptors (Lipinski definition) is 7. The zero-order valence-electron chi connectivity index (χ0n) is 18.7. The third-order valence-corrected chi connectivity index (χ3v) is 5.20. The van der Waals surface area contributed by atoms with Crippen molar-refractivity contribution in [1.82, 2.24) is 9.88 Å². The zero-order valence-corrected chi connectivity index (χ0v) is 18.7. The fraction of sp³-hybridized carbons (Fsp3) is 0.545. The van der Waals surface area contributed by atoms with Crippen LogP contribution in [0, 0.1) is 0 Å². The van der Waals surface area contributed by atoms with Gasteiger partial charge in [-0.2, -0.15) is 0 Å². The van der Waals surface area contributed by atoms with Gasteiger partial charge in [-0.25, -0.2) is 4.79 Å². The maximum absolute atomic E-state index is 12.8. The maximum atomic E-state index is 12.8. The molecule has 9 heteroatoms. The van der Waals surface area contributed by atoms with Gasteiger partial charge in [-0.15, -0.1) is 0 Å². The molecular formula is C22H31N3O6. The highest BCUT2D eigenvalue weighted by atomic mass is 16.5.